The van der Waals surface area contributed by atoms with Crippen molar-refractivity contribution in [3.63, 3.8) is 0 Å². The summed E-state index contributed by atoms with van der Waals surface area (Å²) in [6.07, 6.45) is 4.10. The molecule has 0 unspecified atom stereocenters. The van der Waals surface area contributed by atoms with E-state index in [1.54, 1.807) is 0 Å². The normalized spacial score (nSPS) is 24.2. The van der Waals surface area contributed by atoms with Crippen molar-refractivity contribution < 1.29 is 4.79 Å². The number of hydrogen-bond donors (Lipinski definition) is 1. The molecule has 2 aliphatic rings. The van der Waals surface area contributed by atoms with Crippen LogP contribution in [-0.4, -0.2) is 51.6 Å². The number of aromatic amines is 1. The van der Waals surface area contributed by atoms with Gasteiger partial charge >= 0.3 is 0 Å². The van der Waals surface area contributed by atoms with Gasteiger partial charge < -0.3 is 4.90 Å². The highest BCUT2D eigenvalue weighted by atomic mass is 16.2. The molecule has 0 aromatic carbocycles. The first kappa shape index (κ1) is 15.5. The van der Waals surface area contributed by atoms with E-state index < -0.39 is 0 Å². The van der Waals surface area contributed by atoms with Crippen molar-refractivity contribution in [1.29, 1.82) is 0 Å². The van der Waals surface area contributed by atoms with Crippen molar-refractivity contribution >= 4 is 5.91 Å². The Bertz CT molecular complexity index is 531. The number of nitrogens with one attached hydrogen (secondary N) is 1. The lowest BCUT2D eigenvalue weighted by molar-refractivity contribution is -0.130. The molecule has 1 aromatic rings. The van der Waals surface area contributed by atoms with Crippen LogP contribution in [0, 0.1) is 0 Å². The lowest BCUT2D eigenvalue weighted by Gasteiger charge is -2.37. The number of amides is 1. The molecule has 1 atom stereocenters. The molecule has 2 aliphatic heterocycles. The Morgan fingerprint density at radius 3 is 2.77 bits per heavy atom. The number of nitrogens with zero attached hydrogens (tertiary/aromatic N) is 3. The van der Waals surface area contributed by atoms with Gasteiger partial charge in [-0.05, 0) is 31.9 Å². The van der Waals surface area contributed by atoms with Gasteiger partial charge in [0.05, 0.1) is 5.69 Å². The zero-order valence-corrected chi connectivity index (χ0v) is 14.1. The van der Waals surface area contributed by atoms with E-state index in [1.807, 2.05) is 0 Å². The highest BCUT2D eigenvalue weighted by Gasteiger charge is 2.31. The molecular formula is C17H28N4O. The number of piperidine rings is 1. The molecule has 1 N–H and O–H groups in total. The Kier molecular flexibility index (Phi) is 4.26. The molecule has 5 nitrogen and oxygen atoms in total. The zero-order valence-electron chi connectivity index (χ0n) is 14.1. The molecular weight excluding hydrogens is 276 g/mol. The minimum Gasteiger partial charge on any atom is -0.338 e. The number of H-pyrrole nitrogens is 1. The fourth-order valence-corrected chi connectivity index (χ4v) is 3.55. The van der Waals surface area contributed by atoms with Crippen molar-refractivity contribution in [1.82, 2.24) is 20.0 Å². The monoisotopic (exact) mass is 304 g/mol. The summed E-state index contributed by atoms with van der Waals surface area (Å²) in [5.41, 5.74) is 2.38. The number of rotatable bonds is 3. The molecule has 0 saturated carbocycles. The summed E-state index contributed by atoms with van der Waals surface area (Å²) in [5, 5.41) is 7.63. The molecule has 22 heavy (non-hydrogen) atoms. The Morgan fingerprint density at radius 1 is 1.32 bits per heavy atom. The lowest BCUT2D eigenvalue weighted by atomic mass is 9.92. The number of carbonyl (C=O) groups is 1. The van der Waals surface area contributed by atoms with Crippen LogP contribution in [-0.2, 0) is 16.8 Å². The first-order valence-corrected chi connectivity index (χ1v) is 8.50. The Balaban J connectivity index is 1.60. The second kappa shape index (κ2) is 6.03. The first-order chi connectivity index (χ1) is 10.4. The Morgan fingerprint density at radius 2 is 2.14 bits per heavy atom. The third kappa shape index (κ3) is 3.35. The molecule has 2 fully saturated rings. The van der Waals surface area contributed by atoms with Crippen LogP contribution in [0.1, 0.15) is 57.8 Å². The van der Waals surface area contributed by atoms with Crippen LogP contribution in [0.5, 0.6) is 0 Å². The van der Waals surface area contributed by atoms with Crippen molar-refractivity contribution in [2.45, 2.75) is 64.5 Å². The van der Waals surface area contributed by atoms with Gasteiger partial charge in [0, 0.05) is 43.2 Å². The molecule has 1 amide bonds. The van der Waals surface area contributed by atoms with E-state index in [-0.39, 0.29) is 5.41 Å². The number of aromatic nitrogens is 2. The number of carbonyl (C=O) groups excluding carboxylic acids is 1. The fourth-order valence-electron chi connectivity index (χ4n) is 3.55. The van der Waals surface area contributed by atoms with Gasteiger partial charge in [-0.1, -0.05) is 20.8 Å². The van der Waals surface area contributed by atoms with Gasteiger partial charge in [0.1, 0.15) is 0 Å². The number of hydrogen-bond acceptors (Lipinski definition) is 3. The minimum atomic E-state index is 0.0845. The fraction of sp³-hybridized carbons (Fsp3) is 0.765. The number of likely N-dealkylation sites (tertiary alicyclic amines) is 2. The molecule has 3 rings (SSSR count). The van der Waals surface area contributed by atoms with Crippen LogP contribution in [0.4, 0.5) is 0 Å². The molecule has 2 saturated heterocycles. The SMILES string of the molecule is CC(C)(C)c1cc(CN2CCC[C@H](N3CCCC3=O)C2)[nH]n1. The first-order valence-electron chi connectivity index (χ1n) is 8.50. The van der Waals surface area contributed by atoms with E-state index in [4.69, 9.17) is 0 Å². The van der Waals surface area contributed by atoms with E-state index in [0.717, 1.165) is 51.1 Å². The van der Waals surface area contributed by atoms with Crippen LogP contribution >= 0.6 is 0 Å². The van der Waals surface area contributed by atoms with E-state index in [1.165, 1.54) is 12.1 Å². The maximum Gasteiger partial charge on any atom is 0.222 e. The van der Waals surface area contributed by atoms with Crippen molar-refractivity contribution in [2.24, 2.45) is 0 Å². The van der Waals surface area contributed by atoms with Crippen LogP contribution in [0.3, 0.4) is 0 Å². The molecule has 1 aromatic heterocycles. The highest BCUT2D eigenvalue weighted by molar-refractivity contribution is 5.78. The third-order valence-electron chi connectivity index (χ3n) is 4.82. The highest BCUT2D eigenvalue weighted by Crippen LogP contribution is 2.24. The molecule has 0 spiro atoms. The Labute approximate surface area is 133 Å². The summed E-state index contributed by atoms with van der Waals surface area (Å²) in [6, 6.07) is 2.60. The summed E-state index contributed by atoms with van der Waals surface area (Å²) in [5.74, 6) is 0.350. The summed E-state index contributed by atoms with van der Waals surface area (Å²) >= 11 is 0. The van der Waals surface area contributed by atoms with Gasteiger partial charge in [0.2, 0.25) is 5.91 Å². The topological polar surface area (TPSA) is 52.2 Å². The quantitative estimate of drug-likeness (QED) is 0.932. The summed E-state index contributed by atoms with van der Waals surface area (Å²) < 4.78 is 0. The van der Waals surface area contributed by atoms with Crippen LogP contribution in [0.2, 0.25) is 0 Å². The molecule has 0 aliphatic carbocycles. The average molecular weight is 304 g/mol. The second-order valence-corrected chi connectivity index (χ2v) is 7.75. The van der Waals surface area contributed by atoms with Crippen LogP contribution in [0.25, 0.3) is 0 Å². The average Bonchev–Trinajstić information content (AvgIpc) is 3.07. The van der Waals surface area contributed by atoms with Gasteiger partial charge in [0.15, 0.2) is 0 Å². The zero-order chi connectivity index (χ0) is 15.7. The standard InChI is InChI=1S/C17H28N4O/c1-17(2,3)15-10-13(18-19-15)11-20-8-4-6-14(12-20)21-9-5-7-16(21)22/h10,14H,4-9,11-12H2,1-3H3,(H,18,19)/t14-/m0/s1. The van der Waals surface area contributed by atoms with Gasteiger partial charge in [-0.25, -0.2) is 0 Å². The third-order valence-corrected chi connectivity index (χ3v) is 4.82. The van der Waals surface area contributed by atoms with Crippen molar-refractivity contribution in [3.8, 4) is 0 Å². The van der Waals surface area contributed by atoms with E-state index >= 15 is 0 Å². The Hall–Kier alpha value is -1.36. The predicted molar refractivity (Wildman–Crippen MR) is 86.5 cm³/mol. The van der Waals surface area contributed by atoms with E-state index in [9.17, 15) is 4.79 Å². The minimum absolute atomic E-state index is 0.0845. The van der Waals surface area contributed by atoms with Crippen LogP contribution < -0.4 is 0 Å². The predicted octanol–water partition coefficient (Wildman–Crippen LogP) is 2.29. The van der Waals surface area contributed by atoms with Gasteiger partial charge in [-0.3, -0.25) is 14.8 Å². The molecule has 0 radical (unpaired) electrons. The van der Waals surface area contributed by atoms with Gasteiger partial charge in [0.25, 0.3) is 0 Å². The molecule has 122 valence electrons. The molecule has 3 heterocycles. The summed E-state index contributed by atoms with van der Waals surface area (Å²) in [6.45, 7) is 10.5. The van der Waals surface area contributed by atoms with Crippen LogP contribution in [0.15, 0.2) is 6.07 Å². The van der Waals surface area contributed by atoms with Gasteiger partial charge in [-0.2, -0.15) is 5.10 Å². The van der Waals surface area contributed by atoms with E-state index in [0.29, 0.717) is 11.9 Å². The van der Waals surface area contributed by atoms with Crippen molar-refractivity contribution in [2.75, 3.05) is 19.6 Å². The molecule has 5 heteroatoms. The maximum absolute atomic E-state index is 11.9. The van der Waals surface area contributed by atoms with Crippen molar-refractivity contribution in [3.05, 3.63) is 17.5 Å². The molecule has 0 bridgehead atoms. The maximum atomic E-state index is 11.9. The second-order valence-electron chi connectivity index (χ2n) is 7.75. The lowest BCUT2D eigenvalue weighted by Crippen LogP contribution is -2.48. The largest absolute Gasteiger partial charge is 0.338 e. The smallest absolute Gasteiger partial charge is 0.222 e. The van der Waals surface area contributed by atoms with Gasteiger partial charge in [-0.15, -0.1) is 0 Å². The summed E-state index contributed by atoms with van der Waals surface area (Å²) in [7, 11) is 0. The van der Waals surface area contributed by atoms with E-state index in [2.05, 4.69) is 46.8 Å². The summed E-state index contributed by atoms with van der Waals surface area (Å²) in [4.78, 5) is 16.5.